The highest BCUT2D eigenvalue weighted by molar-refractivity contribution is 7.98. The lowest BCUT2D eigenvalue weighted by atomic mass is 10.1. The number of carbonyl (C=O) groups is 1. The van der Waals surface area contributed by atoms with Gasteiger partial charge in [0.25, 0.3) is 0 Å². The largest absolute Gasteiger partial charge is 0.496 e. The number of aliphatic hydroxyl groups is 1. The Hall–Kier alpha value is -1.20. The van der Waals surface area contributed by atoms with E-state index in [4.69, 9.17) is 9.84 Å². The highest BCUT2D eigenvalue weighted by atomic mass is 32.2. The van der Waals surface area contributed by atoms with Gasteiger partial charge in [0, 0.05) is 5.56 Å². The Morgan fingerprint density at radius 3 is 2.67 bits per heavy atom. The molecule has 0 saturated heterocycles. The average molecular weight is 228 g/mol. The summed E-state index contributed by atoms with van der Waals surface area (Å²) in [4.78, 5) is 11.3. The predicted octanol–water partition coefficient (Wildman–Crippen LogP) is 1.54. The van der Waals surface area contributed by atoms with Crippen molar-refractivity contribution in [3.63, 3.8) is 0 Å². The maximum atomic E-state index is 10.7. The highest BCUT2D eigenvalue weighted by Crippen LogP contribution is 2.34. The van der Waals surface area contributed by atoms with E-state index in [0.717, 1.165) is 0 Å². The second-order valence-electron chi connectivity index (χ2n) is 2.82. The molecule has 0 bridgehead atoms. The van der Waals surface area contributed by atoms with Crippen LogP contribution in [0.15, 0.2) is 23.1 Å². The van der Waals surface area contributed by atoms with Gasteiger partial charge in [-0.1, -0.05) is 12.1 Å². The van der Waals surface area contributed by atoms with Crippen LogP contribution in [0.25, 0.3) is 0 Å². The van der Waals surface area contributed by atoms with Crippen molar-refractivity contribution in [1.82, 2.24) is 0 Å². The number of aliphatic carboxylic acids is 1. The Morgan fingerprint density at radius 1 is 1.53 bits per heavy atom. The molecule has 4 nitrogen and oxygen atoms in total. The van der Waals surface area contributed by atoms with Gasteiger partial charge in [0.15, 0.2) is 6.10 Å². The fourth-order valence-corrected chi connectivity index (χ4v) is 2.03. The predicted molar refractivity (Wildman–Crippen MR) is 57.4 cm³/mol. The number of ether oxygens (including phenoxy) is 1. The summed E-state index contributed by atoms with van der Waals surface area (Å²) in [5.74, 6) is -0.696. The van der Waals surface area contributed by atoms with Crippen LogP contribution in [0.5, 0.6) is 5.75 Å². The summed E-state index contributed by atoms with van der Waals surface area (Å²) in [5.41, 5.74) is 0.356. The van der Waals surface area contributed by atoms with Gasteiger partial charge < -0.3 is 14.9 Å². The zero-order valence-electron chi connectivity index (χ0n) is 8.43. The fourth-order valence-electron chi connectivity index (χ4n) is 1.26. The van der Waals surface area contributed by atoms with Gasteiger partial charge in [0.1, 0.15) is 5.75 Å². The number of aliphatic hydroxyl groups excluding tert-OH is 1. The highest BCUT2D eigenvalue weighted by Gasteiger charge is 2.21. The van der Waals surface area contributed by atoms with Gasteiger partial charge >= 0.3 is 5.97 Å². The lowest BCUT2D eigenvalue weighted by Crippen LogP contribution is -2.11. The number of carboxylic acids is 1. The van der Waals surface area contributed by atoms with E-state index in [1.165, 1.54) is 18.9 Å². The molecule has 1 unspecified atom stereocenters. The van der Waals surface area contributed by atoms with Crippen LogP contribution in [0.4, 0.5) is 0 Å². The minimum Gasteiger partial charge on any atom is -0.496 e. The van der Waals surface area contributed by atoms with Gasteiger partial charge in [0.05, 0.1) is 12.0 Å². The molecule has 0 aliphatic heterocycles. The average Bonchev–Trinajstić information content (AvgIpc) is 2.26. The van der Waals surface area contributed by atoms with Crippen molar-refractivity contribution in [3.05, 3.63) is 23.8 Å². The molecule has 0 aliphatic carbocycles. The van der Waals surface area contributed by atoms with E-state index in [9.17, 15) is 9.90 Å². The Kier molecular flexibility index (Phi) is 3.99. The molecular weight excluding hydrogens is 216 g/mol. The first kappa shape index (κ1) is 11.9. The van der Waals surface area contributed by atoms with Crippen molar-refractivity contribution in [2.75, 3.05) is 13.4 Å². The third-order valence-electron chi connectivity index (χ3n) is 1.96. The van der Waals surface area contributed by atoms with Crippen LogP contribution >= 0.6 is 11.8 Å². The lowest BCUT2D eigenvalue weighted by Gasteiger charge is -2.13. The number of thioether (sulfide) groups is 1. The van der Waals surface area contributed by atoms with E-state index in [0.29, 0.717) is 16.2 Å². The fraction of sp³-hybridized carbons (Fsp3) is 0.300. The zero-order valence-corrected chi connectivity index (χ0v) is 9.25. The van der Waals surface area contributed by atoms with E-state index in [2.05, 4.69) is 0 Å². The summed E-state index contributed by atoms with van der Waals surface area (Å²) in [6.07, 6.45) is 0.290. The van der Waals surface area contributed by atoms with Crippen LogP contribution in [0.1, 0.15) is 11.7 Å². The number of carboxylic acid groups (broad SMARTS) is 1. The molecular formula is C10H12O4S. The van der Waals surface area contributed by atoms with Gasteiger partial charge in [-0.3, -0.25) is 0 Å². The second kappa shape index (κ2) is 5.04. The van der Waals surface area contributed by atoms with Crippen LogP contribution < -0.4 is 4.74 Å². The van der Waals surface area contributed by atoms with Crippen molar-refractivity contribution in [2.24, 2.45) is 0 Å². The van der Waals surface area contributed by atoms with Crippen molar-refractivity contribution in [3.8, 4) is 5.75 Å². The number of methoxy groups -OCH3 is 1. The molecule has 1 aromatic rings. The topological polar surface area (TPSA) is 66.8 Å². The normalized spacial score (nSPS) is 12.2. The number of benzene rings is 1. The molecule has 15 heavy (non-hydrogen) atoms. The summed E-state index contributed by atoms with van der Waals surface area (Å²) in [6, 6.07) is 4.96. The Labute approximate surface area is 91.9 Å². The van der Waals surface area contributed by atoms with Gasteiger partial charge in [-0.15, -0.1) is 11.8 Å². The van der Waals surface area contributed by atoms with E-state index >= 15 is 0 Å². The minimum absolute atomic E-state index is 0.356. The SMILES string of the molecule is COc1cccc(C(O)C(=O)O)c1SC. The molecule has 0 aliphatic rings. The van der Waals surface area contributed by atoms with Crippen molar-refractivity contribution in [1.29, 1.82) is 0 Å². The molecule has 0 radical (unpaired) electrons. The Bertz CT molecular complexity index is 364. The van der Waals surface area contributed by atoms with Crippen molar-refractivity contribution >= 4 is 17.7 Å². The van der Waals surface area contributed by atoms with E-state index < -0.39 is 12.1 Å². The molecule has 0 spiro atoms. The second-order valence-corrected chi connectivity index (χ2v) is 3.64. The third-order valence-corrected chi connectivity index (χ3v) is 2.81. The smallest absolute Gasteiger partial charge is 0.337 e. The zero-order chi connectivity index (χ0) is 11.4. The maximum absolute atomic E-state index is 10.7. The first-order valence-electron chi connectivity index (χ1n) is 4.23. The molecule has 0 heterocycles. The Morgan fingerprint density at radius 2 is 2.20 bits per heavy atom. The van der Waals surface area contributed by atoms with Crippen LogP contribution in [0.2, 0.25) is 0 Å². The van der Waals surface area contributed by atoms with E-state index in [1.54, 1.807) is 24.5 Å². The van der Waals surface area contributed by atoms with Crippen LogP contribution in [-0.4, -0.2) is 29.5 Å². The summed E-state index contributed by atoms with van der Waals surface area (Å²) in [5, 5.41) is 18.2. The van der Waals surface area contributed by atoms with Gasteiger partial charge in [-0.05, 0) is 12.3 Å². The summed E-state index contributed by atoms with van der Waals surface area (Å²) in [7, 11) is 1.51. The van der Waals surface area contributed by atoms with E-state index in [1.807, 2.05) is 0 Å². The van der Waals surface area contributed by atoms with Crippen LogP contribution in [-0.2, 0) is 4.79 Å². The molecule has 1 rings (SSSR count). The Balaban J connectivity index is 3.22. The first-order valence-corrected chi connectivity index (χ1v) is 5.46. The molecule has 1 atom stereocenters. The standard InChI is InChI=1S/C10H12O4S/c1-14-7-5-3-4-6(9(7)15-2)8(11)10(12)13/h3-5,8,11H,1-2H3,(H,12,13). The number of hydrogen-bond donors (Lipinski definition) is 2. The minimum atomic E-state index is -1.51. The molecule has 1 aromatic carbocycles. The molecule has 0 fully saturated rings. The summed E-state index contributed by atoms with van der Waals surface area (Å²) >= 11 is 1.34. The van der Waals surface area contributed by atoms with Gasteiger partial charge in [-0.25, -0.2) is 4.79 Å². The molecule has 5 heteroatoms. The first-order chi connectivity index (χ1) is 7.11. The molecule has 0 amide bonds. The van der Waals surface area contributed by atoms with Crippen molar-refractivity contribution < 1.29 is 19.7 Å². The number of rotatable bonds is 4. The van der Waals surface area contributed by atoms with Gasteiger partial charge in [0.2, 0.25) is 0 Å². The van der Waals surface area contributed by atoms with Crippen LogP contribution in [0.3, 0.4) is 0 Å². The quantitative estimate of drug-likeness (QED) is 0.765. The monoisotopic (exact) mass is 228 g/mol. The van der Waals surface area contributed by atoms with Crippen molar-refractivity contribution in [2.45, 2.75) is 11.0 Å². The van der Waals surface area contributed by atoms with Crippen LogP contribution in [0, 0.1) is 0 Å². The maximum Gasteiger partial charge on any atom is 0.337 e. The molecule has 82 valence electrons. The molecule has 0 aromatic heterocycles. The summed E-state index contributed by atoms with van der Waals surface area (Å²) in [6.45, 7) is 0. The number of hydrogen-bond acceptors (Lipinski definition) is 4. The third kappa shape index (κ3) is 2.43. The van der Waals surface area contributed by atoms with E-state index in [-0.39, 0.29) is 0 Å². The molecule has 2 N–H and O–H groups in total. The van der Waals surface area contributed by atoms with Gasteiger partial charge in [-0.2, -0.15) is 0 Å². The molecule has 0 saturated carbocycles. The lowest BCUT2D eigenvalue weighted by molar-refractivity contribution is -0.147. The summed E-state index contributed by atoms with van der Waals surface area (Å²) < 4.78 is 5.08.